The summed E-state index contributed by atoms with van der Waals surface area (Å²) in [6.45, 7) is 2.94. The van der Waals surface area contributed by atoms with E-state index in [-0.39, 0.29) is 12.0 Å². The summed E-state index contributed by atoms with van der Waals surface area (Å²) in [5, 5.41) is 2.83. The topological polar surface area (TPSA) is 75.7 Å². The molecule has 1 aromatic rings. The van der Waals surface area contributed by atoms with Crippen LogP contribution in [0.1, 0.15) is 26.2 Å². The molecule has 0 bridgehead atoms. The van der Waals surface area contributed by atoms with E-state index in [1.807, 2.05) is 6.07 Å². The summed E-state index contributed by atoms with van der Waals surface area (Å²) in [5.74, 6) is -0.294. The molecule has 6 nitrogen and oxygen atoms in total. The number of nitrogens with zero attached hydrogens (tertiary/aromatic N) is 1. The number of sulfonamides is 1. The van der Waals surface area contributed by atoms with Gasteiger partial charge in [0.2, 0.25) is 15.9 Å². The van der Waals surface area contributed by atoms with E-state index in [4.69, 9.17) is 4.74 Å². The van der Waals surface area contributed by atoms with Gasteiger partial charge in [-0.2, -0.15) is 0 Å². The van der Waals surface area contributed by atoms with Crippen LogP contribution in [0.4, 0.5) is 5.69 Å². The highest BCUT2D eigenvalue weighted by Gasteiger charge is 2.31. The molecule has 0 aromatic heterocycles. The predicted molar refractivity (Wildman–Crippen MR) is 89.8 cm³/mol. The molecule has 1 heterocycles. The van der Waals surface area contributed by atoms with Crippen LogP contribution in [0.5, 0.6) is 0 Å². The fourth-order valence-electron chi connectivity index (χ4n) is 2.77. The Morgan fingerprint density at radius 1 is 1.39 bits per heavy atom. The minimum atomic E-state index is -3.57. The Bertz CT molecular complexity index is 612. The van der Waals surface area contributed by atoms with Gasteiger partial charge in [-0.3, -0.25) is 9.10 Å². The number of ether oxygens (including phenoxy) is 1. The molecule has 1 amide bonds. The van der Waals surface area contributed by atoms with E-state index in [1.165, 1.54) is 4.31 Å². The maximum absolute atomic E-state index is 12.5. The van der Waals surface area contributed by atoms with Gasteiger partial charge in [0.1, 0.15) is 6.04 Å². The molecule has 1 aliphatic heterocycles. The van der Waals surface area contributed by atoms with Gasteiger partial charge in [-0.1, -0.05) is 25.1 Å². The van der Waals surface area contributed by atoms with Gasteiger partial charge < -0.3 is 10.1 Å². The summed E-state index contributed by atoms with van der Waals surface area (Å²) in [7, 11) is -3.57. The van der Waals surface area contributed by atoms with E-state index in [0.29, 0.717) is 18.7 Å². The maximum atomic E-state index is 12.5. The molecule has 1 saturated heterocycles. The van der Waals surface area contributed by atoms with Crippen LogP contribution in [0.25, 0.3) is 0 Å². The number of rotatable bonds is 7. The molecule has 0 saturated carbocycles. The summed E-state index contributed by atoms with van der Waals surface area (Å²) < 4.78 is 31.1. The average molecular weight is 340 g/mol. The van der Waals surface area contributed by atoms with Crippen molar-refractivity contribution >= 4 is 21.6 Å². The molecule has 0 radical (unpaired) electrons. The minimum absolute atomic E-state index is 0.0277. The second kappa shape index (κ2) is 7.79. The third kappa shape index (κ3) is 4.68. The van der Waals surface area contributed by atoms with Crippen LogP contribution in [-0.4, -0.2) is 45.9 Å². The highest BCUT2D eigenvalue weighted by atomic mass is 32.2. The SMILES string of the molecule is CCC(C(=O)NCC1CCCO1)N(c1ccccc1)S(C)(=O)=O. The first-order chi connectivity index (χ1) is 10.9. The van der Waals surface area contributed by atoms with Gasteiger partial charge in [0.05, 0.1) is 18.0 Å². The Labute approximate surface area is 137 Å². The van der Waals surface area contributed by atoms with Crippen molar-refractivity contribution in [1.82, 2.24) is 5.32 Å². The minimum Gasteiger partial charge on any atom is -0.376 e. The summed E-state index contributed by atoms with van der Waals surface area (Å²) >= 11 is 0. The first-order valence-electron chi connectivity index (χ1n) is 7.87. The molecule has 2 atom stereocenters. The van der Waals surface area contributed by atoms with E-state index in [9.17, 15) is 13.2 Å². The van der Waals surface area contributed by atoms with E-state index in [2.05, 4.69) is 5.32 Å². The third-order valence-electron chi connectivity index (χ3n) is 3.87. The van der Waals surface area contributed by atoms with E-state index in [0.717, 1.165) is 25.7 Å². The molecule has 1 aromatic carbocycles. The van der Waals surface area contributed by atoms with Crippen LogP contribution in [-0.2, 0) is 19.6 Å². The number of carbonyl (C=O) groups is 1. The molecule has 128 valence electrons. The molecule has 7 heteroatoms. The van der Waals surface area contributed by atoms with Crippen LogP contribution >= 0.6 is 0 Å². The smallest absolute Gasteiger partial charge is 0.243 e. The van der Waals surface area contributed by atoms with Crippen LogP contribution in [0, 0.1) is 0 Å². The zero-order valence-corrected chi connectivity index (χ0v) is 14.4. The van der Waals surface area contributed by atoms with Crippen molar-refractivity contribution in [3.63, 3.8) is 0 Å². The Hall–Kier alpha value is -1.60. The van der Waals surface area contributed by atoms with Crippen molar-refractivity contribution in [2.24, 2.45) is 0 Å². The summed E-state index contributed by atoms with van der Waals surface area (Å²) in [5.41, 5.74) is 0.495. The Kier molecular flexibility index (Phi) is 6.01. The standard InChI is InChI=1S/C16H24N2O4S/c1-3-15(16(19)17-12-14-10-7-11-22-14)18(23(2,20)21)13-8-5-4-6-9-13/h4-6,8-9,14-15H,3,7,10-12H2,1-2H3,(H,17,19). The zero-order valence-electron chi connectivity index (χ0n) is 13.6. The number of amides is 1. The van der Waals surface area contributed by atoms with Gasteiger partial charge in [0.25, 0.3) is 0 Å². The lowest BCUT2D eigenvalue weighted by molar-refractivity contribution is -0.122. The lowest BCUT2D eigenvalue weighted by Crippen LogP contribution is -2.50. The van der Waals surface area contributed by atoms with Crippen molar-refractivity contribution in [2.45, 2.75) is 38.3 Å². The Morgan fingerprint density at radius 2 is 2.09 bits per heavy atom. The van der Waals surface area contributed by atoms with Crippen molar-refractivity contribution in [1.29, 1.82) is 0 Å². The molecular formula is C16H24N2O4S. The number of anilines is 1. The number of hydrogen-bond acceptors (Lipinski definition) is 4. The highest BCUT2D eigenvalue weighted by Crippen LogP contribution is 2.22. The van der Waals surface area contributed by atoms with Gasteiger partial charge in [0.15, 0.2) is 0 Å². The summed E-state index contributed by atoms with van der Waals surface area (Å²) in [6, 6.07) is 7.93. The Morgan fingerprint density at radius 3 is 2.61 bits per heavy atom. The second-order valence-electron chi connectivity index (χ2n) is 5.70. The number of carbonyl (C=O) groups excluding carboxylic acids is 1. The van der Waals surface area contributed by atoms with Crippen LogP contribution in [0.3, 0.4) is 0 Å². The van der Waals surface area contributed by atoms with Gasteiger partial charge >= 0.3 is 0 Å². The average Bonchev–Trinajstić information content (AvgIpc) is 3.03. The number of nitrogens with one attached hydrogen (secondary N) is 1. The molecule has 0 spiro atoms. The van der Waals surface area contributed by atoms with E-state index >= 15 is 0 Å². The molecule has 23 heavy (non-hydrogen) atoms. The van der Waals surface area contributed by atoms with Crippen molar-refractivity contribution < 1.29 is 17.9 Å². The normalized spacial score (nSPS) is 19.3. The number of hydrogen-bond donors (Lipinski definition) is 1. The van der Waals surface area contributed by atoms with E-state index < -0.39 is 16.1 Å². The van der Waals surface area contributed by atoms with Crippen LogP contribution < -0.4 is 9.62 Å². The van der Waals surface area contributed by atoms with Gasteiger partial charge in [0, 0.05) is 13.2 Å². The van der Waals surface area contributed by atoms with Gasteiger partial charge in [-0.05, 0) is 31.4 Å². The molecule has 1 aliphatic rings. The molecule has 2 unspecified atom stereocenters. The van der Waals surface area contributed by atoms with Crippen LogP contribution in [0.15, 0.2) is 30.3 Å². The molecule has 1 N–H and O–H groups in total. The van der Waals surface area contributed by atoms with Gasteiger partial charge in [-0.15, -0.1) is 0 Å². The van der Waals surface area contributed by atoms with E-state index in [1.54, 1.807) is 31.2 Å². The monoisotopic (exact) mass is 340 g/mol. The number of benzene rings is 1. The second-order valence-corrected chi connectivity index (χ2v) is 7.56. The first-order valence-corrected chi connectivity index (χ1v) is 9.72. The molecule has 2 rings (SSSR count). The fourth-order valence-corrected chi connectivity index (χ4v) is 3.98. The maximum Gasteiger partial charge on any atom is 0.243 e. The van der Waals surface area contributed by atoms with Crippen molar-refractivity contribution in [3.05, 3.63) is 30.3 Å². The van der Waals surface area contributed by atoms with Gasteiger partial charge in [-0.25, -0.2) is 8.42 Å². The lowest BCUT2D eigenvalue weighted by atomic mass is 10.1. The molecule has 1 fully saturated rings. The van der Waals surface area contributed by atoms with Crippen LogP contribution in [0.2, 0.25) is 0 Å². The lowest BCUT2D eigenvalue weighted by Gasteiger charge is -2.30. The summed E-state index contributed by atoms with van der Waals surface area (Å²) in [6.07, 6.45) is 3.46. The predicted octanol–water partition coefficient (Wildman–Crippen LogP) is 1.53. The quantitative estimate of drug-likeness (QED) is 0.817. The summed E-state index contributed by atoms with van der Waals surface area (Å²) in [4.78, 5) is 12.5. The third-order valence-corrected chi connectivity index (χ3v) is 5.05. The Balaban J connectivity index is 2.15. The largest absolute Gasteiger partial charge is 0.376 e. The highest BCUT2D eigenvalue weighted by molar-refractivity contribution is 7.92. The fraction of sp³-hybridized carbons (Fsp3) is 0.562. The van der Waals surface area contributed by atoms with Crippen molar-refractivity contribution in [2.75, 3.05) is 23.7 Å². The molecular weight excluding hydrogens is 316 g/mol. The zero-order chi connectivity index (χ0) is 16.9. The first kappa shape index (κ1) is 17.7. The number of para-hydroxylation sites is 1. The molecule has 0 aliphatic carbocycles. The van der Waals surface area contributed by atoms with Crippen molar-refractivity contribution in [3.8, 4) is 0 Å².